The second kappa shape index (κ2) is 4.86. The van der Waals surface area contributed by atoms with Crippen LogP contribution < -0.4 is 11.1 Å². The van der Waals surface area contributed by atoms with Gasteiger partial charge >= 0.3 is 6.03 Å². The molecule has 0 heterocycles. The summed E-state index contributed by atoms with van der Waals surface area (Å²) in [6.45, 7) is 6.83. The maximum atomic E-state index is 10.8. The van der Waals surface area contributed by atoms with E-state index in [1.165, 1.54) is 19.3 Å². The first-order valence-electron chi connectivity index (χ1n) is 5.93. The molecule has 2 amide bonds. The summed E-state index contributed by atoms with van der Waals surface area (Å²) < 4.78 is 0. The summed E-state index contributed by atoms with van der Waals surface area (Å²) in [6, 6.07) is -0.0694. The lowest BCUT2D eigenvalue weighted by Crippen LogP contribution is -2.41. The normalized spacial score (nSPS) is 27.4. The van der Waals surface area contributed by atoms with Crippen LogP contribution in [0.1, 0.15) is 52.9 Å². The van der Waals surface area contributed by atoms with E-state index >= 15 is 0 Å². The minimum Gasteiger partial charge on any atom is -0.352 e. The summed E-state index contributed by atoms with van der Waals surface area (Å²) >= 11 is 0. The first kappa shape index (κ1) is 12.3. The van der Waals surface area contributed by atoms with E-state index in [9.17, 15) is 4.79 Å². The molecule has 0 aliphatic heterocycles. The number of hydrogen-bond acceptors (Lipinski definition) is 1. The van der Waals surface area contributed by atoms with Crippen LogP contribution in [0.3, 0.4) is 0 Å². The van der Waals surface area contributed by atoms with E-state index in [2.05, 4.69) is 26.1 Å². The zero-order chi connectivity index (χ0) is 11.5. The van der Waals surface area contributed by atoms with Gasteiger partial charge in [0.25, 0.3) is 0 Å². The minimum absolute atomic E-state index is 0.309. The molecule has 0 unspecified atom stereocenters. The zero-order valence-electron chi connectivity index (χ0n) is 10.2. The molecule has 0 spiro atoms. The van der Waals surface area contributed by atoms with Gasteiger partial charge in [0.15, 0.2) is 0 Å². The highest BCUT2D eigenvalue weighted by Crippen LogP contribution is 2.34. The van der Waals surface area contributed by atoms with Crippen molar-refractivity contribution in [3.05, 3.63) is 0 Å². The van der Waals surface area contributed by atoms with E-state index < -0.39 is 0 Å². The number of urea groups is 1. The van der Waals surface area contributed by atoms with Crippen LogP contribution in [0.4, 0.5) is 4.79 Å². The van der Waals surface area contributed by atoms with E-state index in [-0.39, 0.29) is 6.03 Å². The predicted molar refractivity (Wildman–Crippen MR) is 62.5 cm³/mol. The molecule has 0 aromatic rings. The van der Waals surface area contributed by atoms with E-state index in [0.29, 0.717) is 11.5 Å². The molecule has 0 bridgehead atoms. The van der Waals surface area contributed by atoms with E-state index in [1.54, 1.807) is 0 Å². The van der Waals surface area contributed by atoms with Crippen molar-refractivity contribution in [3.63, 3.8) is 0 Å². The molecule has 1 aliphatic rings. The van der Waals surface area contributed by atoms with Crippen LogP contribution in [0, 0.1) is 11.3 Å². The Morgan fingerprint density at radius 3 is 2.60 bits per heavy atom. The molecule has 1 fully saturated rings. The van der Waals surface area contributed by atoms with Crippen molar-refractivity contribution in [2.75, 3.05) is 0 Å². The Bertz CT molecular complexity index is 220. The lowest BCUT2D eigenvalue weighted by molar-refractivity contribution is 0.205. The minimum atomic E-state index is -0.378. The summed E-state index contributed by atoms with van der Waals surface area (Å²) in [7, 11) is 0. The van der Waals surface area contributed by atoms with Crippen molar-refractivity contribution in [2.24, 2.45) is 17.1 Å². The van der Waals surface area contributed by atoms with Crippen LogP contribution in [0.5, 0.6) is 0 Å². The number of rotatable bonds is 2. The standard InChI is InChI=1S/C12H24N2O/c1-12(2,3)8-9-5-4-6-10(7-9)14-11(13)15/h9-10H,4-8H2,1-3H3,(H3,13,14,15)/t9-,10-/m0/s1. The Hall–Kier alpha value is -0.730. The van der Waals surface area contributed by atoms with Crippen molar-refractivity contribution in [2.45, 2.75) is 58.9 Å². The molecular formula is C12H24N2O. The number of carbonyl (C=O) groups excluding carboxylic acids is 1. The van der Waals surface area contributed by atoms with Gasteiger partial charge in [0, 0.05) is 6.04 Å². The summed E-state index contributed by atoms with van der Waals surface area (Å²) in [5.74, 6) is 0.746. The number of hydrogen-bond donors (Lipinski definition) is 2. The fourth-order valence-corrected chi connectivity index (χ4v) is 2.67. The van der Waals surface area contributed by atoms with Gasteiger partial charge < -0.3 is 11.1 Å². The molecule has 2 atom stereocenters. The van der Waals surface area contributed by atoms with Gasteiger partial charge in [0.2, 0.25) is 0 Å². The van der Waals surface area contributed by atoms with Gasteiger partial charge in [-0.1, -0.05) is 33.6 Å². The smallest absolute Gasteiger partial charge is 0.312 e. The van der Waals surface area contributed by atoms with Crippen LogP contribution in [-0.2, 0) is 0 Å². The van der Waals surface area contributed by atoms with Gasteiger partial charge in [-0.25, -0.2) is 4.79 Å². The molecule has 15 heavy (non-hydrogen) atoms. The van der Waals surface area contributed by atoms with Gasteiger partial charge in [0.05, 0.1) is 0 Å². The van der Waals surface area contributed by atoms with Gasteiger partial charge in [-0.2, -0.15) is 0 Å². The monoisotopic (exact) mass is 212 g/mol. The number of amides is 2. The summed E-state index contributed by atoms with van der Waals surface area (Å²) in [4.78, 5) is 10.8. The zero-order valence-corrected chi connectivity index (χ0v) is 10.2. The third-order valence-corrected chi connectivity index (χ3v) is 3.03. The number of nitrogens with one attached hydrogen (secondary N) is 1. The first-order chi connectivity index (χ1) is 6.87. The maximum absolute atomic E-state index is 10.8. The van der Waals surface area contributed by atoms with Crippen LogP contribution in [0.2, 0.25) is 0 Å². The molecule has 3 N–H and O–H groups in total. The second-order valence-corrected chi connectivity index (χ2v) is 6.00. The van der Waals surface area contributed by atoms with Crippen LogP contribution in [0.25, 0.3) is 0 Å². The topological polar surface area (TPSA) is 55.1 Å². The molecule has 1 rings (SSSR count). The van der Waals surface area contributed by atoms with Gasteiger partial charge in [-0.05, 0) is 30.6 Å². The molecule has 0 radical (unpaired) electrons. The Kier molecular flexibility index (Phi) is 4.00. The van der Waals surface area contributed by atoms with Crippen LogP contribution in [-0.4, -0.2) is 12.1 Å². The fraction of sp³-hybridized carbons (Fsp3) is 0.917. The molecule has 0 aromatic heterocycles. The predicted octanol–water partition coefficient (Wildman–Crippen LogP) is 2.65. The maximum Gasteiger partial charge on any atom is 0.312 e. The molecule has 0 aromatic carbocycles. The van der Waals surface area contributed by atoms with E-state index in [1.807, 2.05) is 0 Å². The average molecular weight is 212 g/mol. The second-order valence-electron chi connectivity index (χ2n) is 6.00. The first-order valence-corrected chi connectivity index (χ1v) is 5.93. The Labute approximate surface area is 92.8 Å². The largest absolute Gasteiger partial charge is 0.352 e. The summed E-state index contributed by atoms with van der Waals surface area (Å²) in [6.07, 6.45) is 5.94. The molecular weight excluding hydrogens is 188 g/mol. The lowest BCUT2D eigenvalue weighted by Gasteiger charge is -2.33. The van der Waals surface area contributed by atoms with Crippen LogP contribution >= 0.6 is 0 Å². The molecule has 88 valence electrons. The third-order valence-electron chi connectivity index (χ3n) is 3.03. The Balaban J connectivity index is 2.38. The molecule has 3 heteroatoms. The van der Waals surface area contributed by atoms with Crippen molar-refractivity contribution in [1.29, 1.82) is 0 Å². The van der Waals surface area contributed by atoms with E-state index in [4.69, 9.17) is 5.73 Å². The van der Waals surface area contributed by atoms with Crippen molar-refractivity contribution in [3.8, 4) is 0 Å². The van der Waals surface area contributed by atoms with Crippen molar-refractivity contribution in [1.82, 2.24) is 5.32 Å². The number of carbonyl (C=O) groups is 1. The highest BCUT2D eigenvalue weighted by molar-refractivity contribution is 5.71. The van der Waals surface area contributed by atoms with Gasteiger partial charge in [-0.3, -0.25) is 0 Å². The Morgan fingerprint density at radius 2 is 2.07 bits per heavy atom. The van der Waals surface area contributed by atoms with Gasteiger partial charge in [-0.15, -0.1) is 0 Å². The summed E-state index contributed by atoms with van der Waals surface area (Å²) in [5, 5.41) is 2.84. The summed E-state index contributed by atoms with van der Waals surface area (Å²) in [5.41, 5.74) is 5.53. The van der Waals surface area contributed by atoms with E-state index in [0.717, 1.165) is 18.8 Å². The molecule has 1 aliphatic carbocycles. The highest BCUT2D eigenvalue weighted by Gasteiger charge is 2.26. The Morgan fingerprint density at radius 1 is 1.40 bits per heavy atom. The quantitative estimate of drug-likeness (QED) is 0.726. The molecule has 0 saturated heterocycles. The fourth-order valence-electron chi connectivity index (χ4n) is 2.67. The van der Waals surface area contributed by atoms with Gasteiger partial charge in [0.1, 0.15) is 0 Å². The number of primary amides is 1. The molecule has 3 nitrogen and oxygen atoms in total. The molecule has 1 saturated carbocycles. The van der Waals surface area contributed by atoms with Crippen LogP contribution in [0.15, 0.2) is 0 Å². The number of nitrogens with two attached hydrogens (primary N) is 1. The SMILES string of the molecule is CC(C)(C)C[C@H]1CCC[C@H](NC(N)=O)C1. The average Bonchev–Trinajstić information content (AvgIpc) is 1.99. The third kappa shape index (κ3) is 5.05. The van der Waals surface area contributed by atoms with Crippen molar-refractivity contribution < 1.29 is 4.79 Å². The van der Waals surface area contributed by atoms with Crippen molar-refractivity contribution >= 4 is 6.03 Å². The highest BCUT2D eigenvalue weighted by atomic mass is 16.2. The lowest BCUT2D eigenvalue weighted by atomic mass is 9.76.